The van der Waals surface area contributed by atoms with Crippen molar-refractivity contribution < 1.29 is 14.3 Å². The van der Waals surface area contributed by atoms with Crippen LogP contribution in [-0.4, -0.2) is 28.4 Å². The highest BCUT2D eigenvalue weighted by Gasteiger charge is 2.38. The van der Waals surface area contributed by atoms with Gasteiger partial charge in [0.05, 0.1) is 23.8 Å². The molecule has 4 rings (SSSR count). The summed E-state index contributed by atoms with van der Waals surface area (Å²) in [5.74, 6) is 0.269. The molecule has 5 nitrogen and oxygen atoms in total. The standard InChI is InChI=1S/C19H16N2O3/c1-12(20-10-9-13-11-14(24-2)7-8-17(13)20)21-18(22)15-5-3-4-6-16(15)19(21)23/h3-12H,1-2H3. The lowest BCUT2D eigenvalue weighted by Gasteiger charge is -2.24. The third-order valence-corrected chi connectivity index (χ3v) is 4.53. The maximum absolute atomic E-state index is 12.7. The summed E-state index contributed by atoms with van der Waals surface area (Å²) in [6.07, 6.45) is 1.47. The van der Waals surface area contributed by atoms with Crippen LogP contribution in [0.1, 0.15) is 33.8 Å². The van der Waals surface area contributed by atoms with E-state index >= 15 is 0 Å². The number of methoxy groups -OCH3 is 1. The van der Waals surface area contributed by atoms with Crippen molar-refractivity contribution in [1.82, 2.24) is 9.47 Å². The number of rotatable bonds is 3. The highest BCUT2D eigenvalue weighted by atomic mass is 16.5. The Labute approximate surface area is 139 Å². The first-order chi connectivity index (χ1) is 11.6. The summed E-state index contributed by atoms with van der Waals surface area (Å²) in [5, 5.41) is 0.998. The van der Waals surface area contributed by atoms with Crippen molar-refractivity contribution in [3.05, 3.63) is 65.9 Å². The van der Waals surface area contributed by atoms with Crippen LogP contribution in [-0.2, 0) is 0 Å². The average molecular weight is 320 g/mol. The quantitative estimate of drug-likeness (QED) is 0.694. The van der Waals surface area contributed by atoms with E-state index in [0.29, 0.717) is 11.1 Å². The van der Waals surface area contributed by atoms with E-state index in [1.54, 1.807) is 31.4 Å². The Hall–Kier alpha value is -3.08. The monoisotopic (exact) mass is 320 g/mol. The lowest BCUT2D eigenvalue weighted by molar-refractivity contribution is 0.0539. The Morgan fingerprint density at radius 3 is 2.25 bits per heavy atom. The fraction of sp³-hybridized carbons (Fsp3) is 0.158. The van der Waals surface area contributed by atoms with E-state index in [0.717, 1.165) is 16.7 Å². The molecule has 0 fully saturated rings. The molecular weight excluding hydrogens is 304 g/mol. The molecule has 120 valence electrons. The van der Waals surface area contributed by atoms with Crippen molar-refractivity contribution >= 4 is 22.7 Å². The van der Waals surface area contributed by atoms with Crippen molar-refractivity contribution in [2.75, 3.05) is 7.11 Å². The van der Waals surface area contributed by atoms with Crippen LogP contribution < -0.4 is 4.74 Å². The molecular formula is C19H16N2O3. The molecule has 0 aliphatic carbocycles. The largest absolute Gasteiger partial charge is 0.497 e. The maximum atomic E-state index is 12.7. The number of carbonyl (C=O) groups is 2. The number of fused-ring (bicyclic) bond motifs is 2. The van der Waals surface area contributed by atoms with Crippen LogP contribution in [0.4, 0.5) is 0 Å². The van der Waals surface area contributed by atoms with Crippen LogP contribution in [0.5, 0.6) is 5.75 Å². The van der Waals surface area contributed by atoms with Crippen LogP contribution in [0.15, 0.2) is 54.7 Å². The molecule has 3 aromatic rings. The summed E-state index contributed by atoms with van der Waals surface area (Å²) >= 11 is 0. The molecule has 1 aliphatic heterocycles. The number of imide groups is 1. The molecule has 2 aromatic carbocycles. The summed E-state index contributed by atoms with van der Waals surface area (Å²) in [4.78, 5) is 26.6. The second-order valence-corrected chi connectivity index (χ2v) is 5.81. The molecule has 1 aliphatic rings. The second kappa shape index (κ2) is 5.23. The SMILES string of the molecule is COc1ccc2c(ccn2C(C)N2C(=O)c3ccccc3C2=O)c1. The van der Waals surface area contributed by atoms with Gasteiger partial charge in [-0.05, 0) is 43.3 Å². The van der Waals surface area contributed by atoms with Gasteiger partial charge in [-0.3, -0.25) is 14.5 Å². The summed E-state index contributed by atoms with van der Waals surface area (Å²) in [6.45, 7) is 1.85. The Bertz CT molecular complexity index is 939. The molecule has 5 heteroatoms. The first-order valence-corrected chi connectivity index (χ1v) is 7.73. The number of carbonyl (C=O) groups excluding carboxylic acids is 2. The first-order valence-electron chi connectivity index (χ1n) is 7.73. The Morgan fingerprint density at radius 2 is 1.62 bits per heavy atom. The number of nitrogens with zero attached hydrogens (tertiary/aromatic N) is 2. The third kappa shape index (κ3) is 1.94. The number of aromatic nitrogens is 1. The second-order valence-electron chi connectivity index (χ2n) is 5.81. The molecule has 0 radical (unpaired) electrons. The number of benzene rings is 2. The smallest absolute Gasteiger partial charge is 0.263 e. The van der Waals surface area contributed by atoms with Gasteiger partial charge in [-0.1, -0.05) is 12.1 Å². The Balaban J connectivity index is 1.76. The van der Waals surface area contributed by atoms with Crippen molar-refractivity contribution in [1.29, 1.82) is 0 Å². The molecule has 1 unspecified atom stereocenters. The zero-order chi connectivity index (χ0) is 16.8. The van der Waals surface area contributed by atoms with E-state index in [4.69, 9.17) is 4.74 Å². The molecule has 2 heterocycles. The highest BCUT2D eigenvalue weighted by molar-refractivity contribution is 6.21. The maximum Gasteiger partial charge on any atom is 0.263 e. The van der Waals surface area contributed by atoms with E-state index in [1.165, 1.54) is 4.90 Å². The number of hydrogen-bond donors (Lipinski definition) is 0. The normalized spacial score (nSPS) is 15.0. The van der Waals surface area contributed by atoms with E-state index in [-0.39, 0.29) is 11.8 Å². The predicted octanol–water partition coefficient (Wildman–Crippen LogP) is 3.46. The highest BCUT2D eigenvalue weighted by Crippen LogP contribution is 2.31. The topological polar surface area (TPSA) is 51.5 Å². The van der Waals surface area contributed by atoms with Crippen LogP contribution >= 0.6 is 0 Å². The zero-order valence-corrected chi connectivity index (χ0v) is 13.4. The van der Waals surface area contributed by atoms with Gasteiger partial charge in [-0.15, -0.1) is 0 Å². The molecule has 0 saturated carbocycles. The van der Waals surface area contributed by atoms with E-state index in [1.807, 2.05) is 42.0 Å². The van der Waals surface area contributed by atoms with Gasteiger partial charge >= 0.3 is 0 Å². The van der Waals surface area contributed by atoms with Crippen molar-refractivity contribution in [2.24, 2.45) is 0 Å². The molecule has 0 spiro atoms. The lowest BCUT2D eigenvalue weighted by atomic mass is 10.1. The Kier molecular flexibility index (Phi) is 3.16. The van der Waals surface area contributed by atoms with Crippen molar-refractivity contribution in [2.45, 2.75) is 13.1 Å². The van der Waals surface area contributed by atoms with Crippen molar-refractivity contribution in [3.63, 3.8) is 0 Å². The van der Waals surface area contributed by atoms with Gasteiger partial charge in [-0.25, -0.2) is 0 Å². The molecule has 24 heavy (non-hydrogen) atoms. The van der Waals surface area contributed by atoms with E-state index in [9.17, 15) is 9.59 Å². The number of ether oxygens (including phenoxy) is 1. The van der Waals surface area contributed by atoms with Crippen LogP contribution in [0.3, 0.4) is 0 Å². The minimum Gasteiger partial charge on any atom is -0.497 e. The van der Waals surface area contributed by atoms with Gasteiger partial charge in [0, 0.05) is 11.6 Å². The lowest BCUT2D eigenvalue weighted by Crippen LogP contribution is -2.35. The fourth-order valence-electron chi connectivity index (χ4n) is 3.27. The van der Waals surface area contributed by atoms with Gasteiger partial charge in [0.1, 0.15) is 11.9 Å². The molecule has 0 N–H and O–H groups in total. The summed E-state index contributed by atoms with van der Waals surface area (Å²) in [7, 11) is 1.62. The molecule has 0 bridgehead atoms. The minimum absolute atomic E-state index is 0.251. The third-order valence-electron chi connectivity index (χ3n) is 4.53. The average Bonchev–Trinajstić information content (AvgIpc) is 3.14. The number of hydrogen-bond acceptors (Lipinski definition) is 3. The zero-order valence-electron chi connectivity index (χ0n) is 13.4. The summed E-state index contributed by atoms with van der Waals surface area (Å²) < 4.78 is 7.17. The van der Waals surface area contributed by atoms with Gasteiger partial charge in [-0.2, -0.15) is 0 Å². The summed E-state index contributed by atoms with van der Waals surface area (Å²) in [6, 6.07) is 14.6. The van der Waals surface area contributed by atoms with Crippen LogP contribution in [0.2, 0.25) is 0 Å². The van der Waals surface area contributed by atoms with Gasteiger partial charge in [0.15, 0.2) is 0 Å². The Morgan fingerprint density at radius 1 is 0.958 bits per heavy atom. The van der Waals surface area contributed by atoms with Gasteiger partial charge in [0.25, 0.3) is 11.8 Å². The predicted molar refractivity (Wildman–Crippen MR) is 90.1 cm³/mol. The minimum atomic E-state index is -0.414. The summed E-state index contributed by atoms with van der Waals surface area (Å²) in [5.41, 5.74) is 1.87. The number of amides is 2. The van der Waals surface area contributed by atoms with Gasteiger partial charge in [0.2, 0.25) is 0 Å². The van der Waals surface area contributed by atoms with E-state index < -0.39 is 6.17 Å². The van der Waals surface area contributed by atoms with Crippen LogP contribution in [0, 0.1) is 0 Å². The first kappa shape index (κ1) is 14.5. The molecule has 0 saturated heterocycles. The fourth-order valence-corrected chi connectivity index (χ4v) is 3.27. The molecule has 1 atom stereocenters. The van der Waals surface area contributed by atoms with E-state index in [2.05, 4.69) is 0 Å². The van der Waals surface area contributed by atoms with Crippen LogP contribution in [0.25, 0.3) is 10.9 Å². The molecule has 1 aromatic heterocycles. The van der Waals surface area contributed by atoms with Gasteiger partial charge < -0.3 is 9.30 Å². The molecule has 2 amide bonds. The van der Waals surface area contributed by atoms with Crippen molar-refractivity contribution in [3.8, 4) is 5.75 Å².